The number of nitrogens with two attached hydrogens (primary N) is 1. The van der Waals surface area contributed by atoms with Crippen LogP contribution in [0.3, 0.4) is 0 Å². The van der Waals surface area contributed by atoms with Crippen molar-refractivity contribution >= 4 is 23.1 Å². The molecule has 0 saturated heterocycles. The van der Waals surface area contributed by atoms with Crippen LogP contribution in [0.15, 0.2) is 71.7 Å². The number of amidine groups is 1. The van der Waals surface area contributed by atoms with Gasteiger partial charge in [-0.1, -0.05) is 42.5 Å². The number of fused-ring (bicyclic) bond motifs is 1. The summed E-state index contributed by atoms with van der Waals surface area (Å²) >= 11 is 0. The summed E-state index contributed by atoms with van der Waals surface area (Å²) < 4.78 is 13.3. The Balaban J connectivity index is 1.69. The van der Waals surface area contributed by atoms with Crippen LogP contribution in [0.25, 0.3) is 11.3 Å². The Bertz CT molecular complexity index is 1290. The lowest BCUT2D eigenvalue weighted by molar-refractivity contribution is -0.630. The van der Waals surface area contributed by atoms with Crippen LogP contribution in [-0.2, 0) is 6.54 Å². The predicted molar refractivity (Wildman–Crippen MR) is 126 cm³/mol. The van der Waals surface area contributed by atoms with Crippen LogP contribution in [0, 0.1) is 24.9 Å². The van der Waals surface area contributed by atoms with Gasteiger partial charge in [0.05, 0.1) is 12.2 Å². The van der Waals surface area contributed by atoms with E-state index in [-0.39, 0.29) is 18.4 Å². The maximum absolute atomic E-state index is 13.6. The molecule has 2 aromatic carbocycles. The molecule has 1 aromatic heterocycles. The van der Waals surface area contributed by atoms with Crippen LogP contribution in [0.5, 0.6) is 0 Å². The number of aryl methyl sites for hydroxylation is 2. The van der Waals surface area contributed by atoms with E-state index in [0.717, 1.165) is 32.9 Å². The largest absolute Gasteiger partial charge is 0.692 e. The van der Waals surface area contributed by atoms with Crippen LogP contribution in [0.2, 0.25) is 0 Å². The third-order valence-corrected chi connectivity index (χ3v) is 5.66. The molecule has 3 aromatic rings. The fraction of sp³-hybridized carbons (Fsp3) is 0.160. The van der Waals surface area contributed by atoms with Crippen molar-refractivity contribution in [2.45, 2.75) is 20.4 Å². The van der Waals surface area contributed by atoms with Crippen LogP contribution in [0.1, 0.15) is 28.1 Å². The lowest BCUT2D eigenvalue weighted by Gasteiger charge is -2.21. The Morgan fingerprint density at radius 1 is 1.00 bits per heavy atom. The minimum absolute atomic E-state index is 0.236. The molecule has 0 unspecified atom stereocenters. The molecule has 0 atom stereocenters. The maximum Gasteiger partial charge on any atom is 0.318 e. The third kappa shape index (κ3) is 3.80. The topological polar surface area (TPSA) is 83.8 Å². The van der Waals surface area contributed by atoms with Gasteiger partial charge in [-0.15, -0.1) is 0 Å². The molecule has 166 valence electrons. The van der Waals surface area contributed by atoms with Gasteiger partial charge in [-0.2, -0.15) is 19.7 Å². The monoisotopic (exact) mass is 442 g/mol. The summed E-state index contributed by atoms with van der Waals surface area (Å²) in [6.07, 6.45) is 0. The first-order chi connectivity index (χ1) is 15.9. The van der Waals surface area contributed by atoms with Crippen molar-refractivity contribution in [3.8, 4) is 0 Å². The summed E-state index contributed by atoms with van der Waals surface area (Å²) in [5.41, 5.74) is 11.9. The molecule has 0 fully saturated rings. The number of hydrazone groups is 1. The van der Waals surface area contributed by atoms with Gasteiger partial charge in [-0.05, 0) is 49.2 Å². The fourth-order valence-corrected chi connectivity index (χ4v) is 4.24. The Kier molecular flexibility index (Phi) is 5.05. The number of hydrazine groups is 1. The normalized spacial score (nSPS) is 15.8. The molecule has 2 N–H and O–H groups in total. The van der Waals surface area contributed by atoms with E-state index in [1.54, 1.807) is 22.0 Å². The summed E-state index contributed by atoms with van der Waals surface area (Å²) in [7, 11) is 0. The zero-order valence-electron chi connectivity index (χ0n) is 18.4. The summed E-state index contributed by atoms with van der Waals surface area (Å²) in [6.45, 7) is 4.39. The molecule has 0 radical (unpaired) electrons. The highest BCUT2D eigenvalue weighted by atomic mass is 19.1. The molecule has 0 aliphatic carbocycles. The molecular weight excluding hydrogens is 419 g/mol. The van der Waals surface area contributed by atoms with Crippen LogP contribution < -0.4 is 5.73 Å². The van der Waals surface area contributed by atoms with Gasteiger partial charge in [0, 0.05) is 17.0 Å². The molecule has 0 bridgehead atoms. The van der Waals surface area contributed by atoms with Gasteiger partial charge in [-0.25, -0.2) is 4.39 Å². The second-order valence-corrected chi connectivity index (χ2v) is 8.16. The molecule has 33 heavy (non-hydrogen) atoms. The van der Waals surface area contributed by atoms with Gasteiger partial charge in [-0.3, -0.25) is 4.98 Å². The number of aliphatic imine (C=N–C) groups is 1. The average molecular weight is 442 g/mol. The highest BCUT2D eigenvalue weighted by Crippen LogP contribution is 2.35. The maximum atomic E-state index is 13.6. The van der Waals surface area contributed by atoms with Crippen molar-refractivity contribution in [2.24, 2.45) is 10.7 Å². The number of pyridine rings is 1. The van der Waals surface area contributed by atoms with Gasteiger partial charge in [0.2, 0.25) is 0 Å². The van der Waals surface area contributed by atoms with Crippen molar-refractivity contribution in [1.29, 1.82) is 0 Å². The minimum atomic E-state index is -0.316. The third-order valence-electron chi connectivity index (χ3n) is 5.66. The molecule has 8 heteroatoms. The van der Waals surface area contributed by atoms with Crippen molar-refractivity contribution < 1.29 is 9.24 Å². The number of aromatic nitrogens is 1. The van der Waals surface area contributed by atoms with Gasteiger partial charge in [0.15, 0.2) is 6.67 Å². The second kappa shape index (κ2) is 8.05. The number of benzene rings is 2. The Morgan fingerprint density at radius 2 is 1.67 bits per heavy atom. The van der Waals surface area contributed by atoms with Gasteiger partial charge in [0.1, 0.15) is 11.4 Å². The van der Waals surface area contributed by atoms with E-state index in [1.807, 2.05) is 56.3 Å². The molecule has 2 aliphatic rings. The molecule has 7 nitrogen and oxygen atoms in total. The first-order valence-electron chi connectivity index (χ1n) is 10.6. The number of rotatable bonds is 4. The Labute approximate surface area is 191 Å². The van der Waals surface area contributed by atoms with Crippen LogP contribution in [-0.4, -0.2) is 38.2 Å². The Hall–Kier alpha value is -4.20. The van der Waals surface area contributed by atoms with E-state index in [1.165, 1.54) is 12.1 Å². The summed E-state index contributed by atoms with van der Waals surface area (Å²) in [5.74, 6) is 0.342. The van der Waals surface area contributed by atoms with Crippen molar-refractivity contribution in [2.75, 3.05) is 6.67 Å². The molecule has 0 spiro atoms. The standard InChI is InChI=1S/C25H23FN6O/c1-16-12-20(13-17(2)28-16)22-23(19-6-4-3-5-7-19)29-25(27)31-15-30(32(33)24(22)31)14-18-8-10-21(26)11-9-18/h3-13H,14-15H2,1-2H3,(H2,27,29). The quantitative estimate of drug-likeness (QED) is 0.493. The van der Waals surface area contributed by atoms with Crippen molar-refractivity contribution in [1.82, 2.24) is 14.9 Å². The number of guanidine groups is 1. The predicted octanol–water partition coefficient (Wildman–Crippen LogP) is 3.63. The smallest absolute Gasteiger partial charge is 0.318 e. The summed E-state index contributed by atoms with van der Waals surface area (Å²) in [6, 6.07) is 19.7. The van der Waals surface area contributed by atoms with Crippen LogP contribution in [0.4, 0.5) is 4.39 Å². The lowest BCUT2D eigenvalue weighted by Crippen LogP contribution is -2.44. The average Bonchev–Trinajstić information content (AvgIpc) is 3.12. The number of nitrogens with zero attached hydrogens (tertiary/aromatic N) is 5. The summed E-state index contributed by atoms with van der Waals surface area (Å²) in [4.78, 5) is 11.8. The van der Waals surface area contributed by atoms with Crippen LogP contribution >= 0.6 is 0 Å². The van der Waals surface area contributed by atoms with E-state index < -0.39 is 0 Å². The highest BCUT2D eigenvalue weighted by molar-refractivity contribution is 6.33. The molecule has 3 heterocycles. The Morgan fingerprint density at radius 3 is 2.33 bits per heavy atom. The highest BCUT2D eigenvalue weighted by Gasteiger charge is 2.44. The van der Waals surface area contributed by atoms with E-state index in [9.17, 15) is 9.60 Å². The van der Waals surface area contributed by atoms with E-state index in [4.69, 9.17) is 10.7 Å². The molecular formula is C25H23FN6O. The van der Waals surface area contributed by atoms with Gasteiger partial charge >= 0.3 is 5.84 Å². The van der Waals surface area contributed by atoms with Crippen molar-refractivity contribution in [3.63, 3.8) is 0 Å². The first-order valence-corrected chi connectivity index (χ1v) is 10.6. The molecule has 0 saturated carbocycles. The fourth-order valence-electron chi connectivity index (χ4n) is 4.24. The number of hydrogen-bond acceptors (Lipinski definition) is 6. The molecule has 2 aliphatic heterocycles. The second-order valence-electron chi connectivity index (χ2n) is 8.16. The number of hydrogen-bond donors (Lipinski definition) is 1. The van der Waals surface area contributed by atoms with Crippen molar-refractivity contribution in [3.05, 3.63) is 106 Å². The zero-order chi connectivity index (χ0) is 23.1. The van der Waals surface area contributed by atoms with Gasteiger partial charge in [0.25, 0.3) is 5.96 Å². The number of halogens is 1. The van der Waals surface area contributed by atoms with Gasteiger partial charge < -0.3 is 10.9 Å². The summed E-state index contributed by atoms with van der Waals surface area (Å²) in [5, 5.41) is 15.2. The minimum Gasteiger partial charge on any atom is -0.692 e. The zero-order valence-corrected chi connectivity index (χ0v) is 18.4. The lowest BCUT2D eigenvalue weighted by atomic mass is 9.96. The molecule has 5 rings (SSSR count). The van der Waals surface area contributed by atoms with E-state index in [2.05, 4.69) is 4.98 Å². The van der Waals surface area contributed by atoms with E-state index >= 15 is 0 Å². The SMILES string of the molecule is Cc1cc(C2=C(c3ccccc3)N=C(N)N3CN(Cc4ccc(F)cc4)[N+]([O-])=C23)cc(C)n1. The molecule has 0 amide bonds. The van der Waals surface area contributed by atoms with E-state index in [0.29, 0.717) is 23.7 Å². The first kappa shape index (κ1) is 20.7.